The van der Waals surface area contributed by atoms with Gasteiger partial charge in [-0.05, 0) is 66.8 Å². The molecule has 9 nitrogen and oxygen atoms in total. The third-order valence-corrected chi connectivity index (χ3v) is 7.84. The van der Waals surface area contributed by atoms with Gasteiger partial charge in [-0.25, -0.2) is 14.5 Å². The molecule has 0 bridgehead atoms. The molecule has 3 amide bonds. The topological polar surface area (TPSA) is 102 Å². The van der Waals surface area contributed by atoms with Crippen LogP contribution in [0.4, 0.5) is 23.7 Å². The second kappa shape index (κ2) is 12.5. The Morgan fingerprint density at radius 2 is 1.75 bits per heavy atom. The SMILES string of the molecule is Cc1cccc(N2C(=O)CSC2=NC(=O)NC(C)c2ccc(-c3ncn(-c4ccc(OC(F)(F)F)cc4)n3)cc2)c1C(C)C. The molecule has 1 aliphatic rings. The summed E-state index contributed by atoms with van der Waals surface area (Å²) in [4.78, 5) is 35.8. The molecule has 1 atom stereocenters. The van der Waals surface area contributed by atoms with Gasteiger partial charge in [-0.3, -0.25) is 9.69 Å². The van der Waals surface area contributed by atoms with Crippen molar-refractivity contribution in [2.75, 3.05) is 10.7 Å². The first-order valence-corrected chi connectivity index (χ1v) is 14.7. The van der Waals surface area contributed by atoms with Crippen LogP contribution in [0, 0.1) is 6.92 Å². The van der Waals surface area contributed by atoms with Crippen LogP contribution in [0.25, 0.3) is 17.1 Å². The van der Waals surface area contributed by atoms with Crippen LogP contribution in [0.2, 0.25) is 0 Å². The van der Waals surface area contributed by atoms with Crippen molar-refractivity contribution >= 4 is 34.6 Å². The number of hydrogen-bond donors (Lipinski definition) is 1. The summed E-state index contributed by atoms with van der Waals surface area (Å²) in [5.41, 5.74) is 4.88. The standard InChI is InChI=1S/C31H29F3N6O3S/c1-18(2)27-19(3)6-5-7-25(27)40-26(41)16-44-30(40)37-29(42)36-20(4)21-8-10-22(11-9-21)28-35-17-39(38-28)23-12-14-24(15-13-23)43-31(32,33)34/h5-15,17-18,20H,16H2,1-4H3,(H,36,42). The number of aliphatic imine (C=N–C) groups is 1. The Morgan fingerprint density at radius 1 is 1.05 bits per heavy atom. The number of ether oxygens (including phenoxy) is 1. The summed E-state index contributed by atoms with van der Waals surface area (Å²) in [6, 6.07) is 17.4. The van der Waals surface area contributed by atoms with E-state index in [1.807, 2.05) is 56.3 Å². The van der Waals surface area contributed by atoms with E-state index in [4.69, 9.17) is 0 Å². The van der Waals surface area contributed by atoms with Crippen molar-refractivity contribution in [3.05, 3.63) is 89.7 Å². The van der Waals surface area contributed by atoms with E-state index in [1.54, 1.807) is 0 Å². The molecule has 0 spiro atoms. The highest BCUT2D eigenvalue weighted by Gasteiger charge is 2.33. The van der Waals surface area contributed by atoms with Gasteiger partial charge in [-0.15, -0.1) is 18.3 Å². The molecule has 228 valence electrons. The number of aryl methyl sites for hydroxylation is 1. The molecule has 1 N–H and O–H groups in total. The molecule has 1 saturated heterocycles. The Kier molecular flexibility index (Phi) is 8.77. The second-order valence-electron chi connectivity index (χ2n) is 10.4. The van der Waals surface area contributed by atoms with Crippen LogP contribution in [-0.4, -0.2) is 44.0 Å². The number of nitrogens with zero attached hydrogens (tertiary/aromatic N) is 5. The van der Waals surface area contributed by atoms with Crippen LogP contribution in [0.5, 0.6) is 5.75 Å². The minimum atomic E-state index is -4.77. The summed E-state index contributed by atoms with van der Waals surface area (Å²) >= 11 is 1.23. The summed E-state index contributed by atoms with van der Waals surface area (Å²) in [7, 11) is 0. The molecule has 0 aliphatic carbocycles. The van der Waals surface area contributed by atoms with Crippen LogP contribution in [-0.2, 0) is 4.79 Å². The number of aromatic nitrogens is 3. The van der Waals surface area contributed by atoms with Crippen molar-refractivity contribution < 1.29 is 27.5 Å². The predicted octanol–water partition coefficient (Wildman–Crippen LogP) is 7.17. The average Bonchev–Trinajstić information content (AvgIpc) is 3.59. The summed E-state index contributed by atoms with van der Waals surface area (Å²) in [6.07, 6.45) is -3.31. The molecular weight excluding hydrogens is 593 g/mol. The molecule has 13 heteroatoms. The van der Waals surface area contributed by atoms with E-state index in [-0.39, 0.29) is 29.4 Å². The van der Waals surface area contributed by atoms with E-state index in [9.17, 15) is 22.8 Å². The summed E-state index contributed by atoms with van der Waals surface area (Å²) < 4.78 is 42.6. The first kappa shape index (κ1) is 30.8. The van der Waals surface area contributed by atoms with Gasteiger partial charge >= 0.3 is 12.4 Å². The molecule has 1 aromatic heterocycles. The lowest BCUT2D eigenvalue weighted by atomic mass is 9.95. The number of carbonyl (C=O) groups excluding carboxylic acids is 2. The van der Waals surface area contributed by atoms with Gasteiger partial charge in [-0.2, -0.15) is 4.99 Å². The number of nitrogens with one attached hydrogen (secondary N) is 1. The van der Waals surface area contributed by atoms with E-state index in [0.717, 1.165) is 22.4 Å². The van der Waals surface area contributed by atoms with Crippen LogP contribution in [0.15, 0.2) is 78.0 Å². The molecule has 1 aliphatic heterocycles. The predicted molar refractivity (Wildman–Crippen MR) is 163 cm³/mol. The Balaban J connectivity index is 1.25. The van der Waals surface area contributed by atoms with E-state index < -0.39 is 12.4 Å². The molecule has 0 saturated carbocycles. The number of alkyl halides is 3. The lowest BCUT2D eigenvalue weighted by Crippen LogP contribution is -2.32. The molecule has 3 aromatic carbocycles. The fraction of sp³-hybridized carbons (Fsp3) is 0.258. The number of thioether (sulfide) groups is 1. The molecule has 44 heavy (non-hydrogen) atoms. The van der Waals surface area contributed by atoms with Crippen molar-refractivity contribution in [1.82, 2.24) is 20.1 Å². The van der Waals surface area contributed by atoms with Gasteiger partial charge in [0, 0.05) is 5.56 Å². The number of halogens is 3. The third-order valence-electron chi connectivity index (χ3n) is 6.92. The van der Waals surface area contributed by atoms with Crippen molar-refractivity contribution in [3.8, 4) is 22.8 Å². The zero-order valence-corrected chi connectivity index (χ0v) is 25.1. The van der Waals surface area contributed by atoms with Crippen molar-refractivity contribution in [3.63, 3.8) is 0 Å². The van der Waals surface area contributed by atoms with Gasteiger partial charge in [0.2, 0.25) is 5.91 Å². The van der Waals surface area contributed by atoms with Crippen LogP contribution in [0.1, 0.15) is 49.4 Å². The fourth-order valence-corrected chi connectivity index (χ4v) is 5.78. The van der Waals surface area contributed by atoms with Crippen molar-refractivity contribution in [2.24, 2.45) is 4.99 Å². The summed E-state index contributed by atoms with van der Waals surface area (Å²) in [5.74, 6) is 0.344. The van der Waals surface area contributed by atoms with E-state index in [0.29, 0.717) is 22.2 Å². The molecular formula is C31H29F3N6O3S. The van der Waals surface area contributed by atoms with Gasteiger partial charge in [0.05, 0.1) is 23.2 Å². The smallest absolute Gasteiger partial charge is 0.406 e. The average molecular weight is 623 g/mol. The molecule has 5 rings (SSSR count). The van der Waals surface area contributed by atoms with E-state index in [1.165, 1.54) is 51.9 Å². The van der Waals surface area contributed by atoms with E-state index in [2.05, 4.69) is 39.0 Å². The highest BCUT2D eigenvalue weighted by molar-refractivity contribution is 8.15. The van der Waals surface area contributed by atoms with Crippen molar-refractivity contribution in [1.29, 1.82) is 0 Å². The fourth-order valence-electron chi connectivity index (χ4n) is 4.92. The lowest BCUT2D eigenvalue weighted by molar-refractivity contribution is -0.274. The highest BCUT2D eigenvalue weighted by Crippen LogP contribution is 2.35. The number of urea groups is 1. The van der Waals surface area contributed by atoms with Gasteiger partial charge < -0.3 is 10.1 Å². The lowest BCUT2D eigenvalue weighted by Gasteiger charge is -2.23. The minimum Gasteiger partial charge on any atom is -0.406 e. The molecule has 0 radical (unpaired) electrons. The van der Waals surface area contributed by atoms with Crippen LogP contribution < -0.4 is 15.0 Å². The van der Waals surface area contributed by atoms with Gasteiger partial charge in [0.1, 0.15) is 12.1 Å². The Morgan fingerprint density at radius 3 is 2.41 bits per heavy atom. The largest absolute Gasteiger partial charge is 0.573 e. The summed E-state index contributed by atoms with van der Waals surface area (Å²) in [5, 5.41) is 7.62. The molecule has 2 heterocycles. The number of rotatable bonds is 7. The normalized spacial score (nSPS) is 15.2. The first-order valence-electron chi connectivity index (χ1n) is 13.7. The number of carbonyl (C=O) groups is 2. The number of hydrogen-bond acceptors (Lipinski definition) is 6. The third kappa shape index (κ3) is 6.94. The number of amides is 3. The molecule has 1 unspecified atom stereocenters. The molecule has 4 aromatic rings. The Bertz CT molecular complexity index is 1700. The highest BCUT2D eigenvalue weighted by atomic mass is 32.2. The minimum absolute atomic E-state index is 0.124. The summed E-state index contributed by atoms with van der Waals surface area (Å²) in [6.45, 7) is 7.96. The van der Waals surface area contributed by atoms with Gasteiger partial charge in [-0.1, -0.05) is 62.0 Å². The maximum absolute atomic E-state index is 12.9. The van der Waals surface area contributed by atoms with Crippen molar-refractivity contribution in [2.45, 2.75) is 46.0 Å². The number of anilines is 1. The first-order chi connectivity index (χ1) is 20.9. The van der Waals surface area contributed by atoms with Crippen LogP contribution >= 0.6 is 11.8 Å². The maximum Gasteiger partial charge on any atom is 0.573 e. The zero-order valence-electron chi connectivity index (χ0n) is 24.3. The Labute approximate surface area is 256 Å². The van der Waals surface area contributed by atoms with Gasteiger partial charge in [0.25, 0.3) is 0 Å². The number of benzene rings is 3. The Hall–Kier alpha value is -4.65. The van der Waals surface area contributed by atoms with Crippen LogP contribution in [0.3, 0.4) is 0 Å². The van der Waals surface area contributed by atoms with Gasteiger partial charge in [0.15, 0.2) is 11.0 Å². The maximum atomic E-state index is 12.9. The number of amidine groups is 1. The second-order valence-corrected chi connectivity index (χ2v) is 11.4. The quantitative estimate of drug-likeness (QED) is 0.235. The zero-order chi connectivity index (χ0) is 31.6. The monoisotopic (exact) mass is 622 g/mol. The molecule has 1 fully saturated rings. The van der Waals surface area contributed by atoms with E-state index >= 15 is 0 Å².